The molecule has 0 bridgehead atoms. The third kappa shape index (κ3) is 3.62. The number of aromatic nitrogens is 2. The van der Waals surface area contributed by atoms with Crippen LogP contribution in [-0.4, -0.2) is 53.6 Å². The molecule has 0 N–H and O–H groups in total. The van der Waals surface area contributed by atoms with Gasteiger partial charge in [0.25, 0.3) is 0 Å². The van der Waals surface area contributed by atoms with Crippen molar-refractivity contribution in [3.8, 4) is 11.5 Å². The summed E-state index contributed by atoms with van der Waals surface area (Å²) >= 11 is 0. The molecule has 0 amide bonds. The van der Waals surface area contributed by atoms with Gasteiger partial charge in [-0.2, -0.15) is 0 Å². The van der Waals surface area contributed by atoms with Crippen LogP contribution in [0.5, 0.6) is 11.5 Å². The third-order valence-corrected chi connectivity index (χ3v) is 6.22. The number of carbonyl (C=O) groups is 1. The maximum Gasteiger partial charge on any atom is 0.231 e. The molecule has 1 aromatic heterocycles. The van der Waals surface area contributed by atoms with E-state index in [2.05, 4.69) is 35.8 Å². The zero-order chi connectivity index (χ0) is 20.9. The van der Waals surface area contributed by atoms with Crippen molar-refractivity contribution >= 4 is 11.7 Å². The maximum absolute atomic E-state index is 12.6. The lowest BCUT2D eigenvalue weighted by atomic mass is 9.75. The summed E-state index contributed by atoms with van der Waals surface area (Å²) in [4.78, 5) is 26.8. The van der Waals surface area contributed by atoms with Crippen LogP contribution < -0.4 is 14.4 Å². The summed E-state index contributed by atoms with van der Waals surface area (Å²) in [5, 5.41) is 0. The number of ether oxygens (including phenoxy) is 2. The predicted molar refractivity (Wildman–Crippen MR) is 113 cm³/mol. The van der Waals surface area contributed by atoms with E-state index >= 15 is 0 Å². The summed E-state index contributed by atoms with van der Waals surface area (Å²) in [5.74, 6) is 2.60. The third-order valence-electron chi connectivity index (χ3n) is 6.22. The molecule has 0 atom stereocenters. The normalized spacial score (nSPS) is 20.4. The van der Waals surface area contributed by atoms with Gasteiger partial charge in [0.05, 0.1) is 17.0 Å². The van der Waals surface area contributed by atoms with E-state index in [1.165, 1.54) is 5.56 Å². The van der Waals surface area contributed by atoms with Crippen molar-refractivity contribution in [2.75, 3.05) is 37.9 Å². The monoisotopic (exact) mass is 408 g/mol. The molecule has 3 heterocycles. The molecule has 5 rings (SSSR count). The molecule has 1 aromatic carbocycles. The molecule has 0 unspecified atom stereocenters. The van der Waals surface area contributed by atoms with Crippen LogP contribution in [0, 0.1) is 12.3 Å². The molecule has 2 aromatic rings. The second-order valence-electron chi connectivity index (χ2n) is 9.32. The van der Waals surface area contributed by atoms with Crippen LogP contribution in [0.1, 0.15) is 47.6 Å². The van der Waals surface area contributed by atoms with Crippen LogP contribution in [0.2, 0.25) is 0 Å². The van der Waals surface area contributed by atoms with Gasteiger partial charge in [0.15, 0.2) is 17.3 Å². The van der Waals surface area contributed by atoms with Crippen LogP contribution in [0.3, 0.4) is 0 Å². The molecule has 30 heavy (non-hydrogen) atoms. The largest absolute Gasteiger partial charge is 0.454 e. The van der Waals surface area contributed by atoms with Gasteiger partial charge in [0.1, 0.15) is 0 Å². The number of Topliss-reactive ketones (excluding diaryl/α,β-unsaturated/α-hetero) is 1. The first-order valence-corrected chi connectivity index (χ1v) is 10.6. The van der Waals surface area contributed by atoms with Gasteiger partial charge in [-0.15, -0.1) is 0 Å². The Morgan fingerprint density at radius 1 is 1.03 bits per heavy atom. The first kappa shape index (κ1) is 19.3. The van der Waals surface area contributed by atoms with Crippen LogP contribution in [0.15, 0.2) is 18.2 Å². The summed E-state index contributed by atoms with van der Waals surface area (Å²) in [6.07, 6.45) is 1.40. The van der Waals surface area contributed by atoms with Crippen molar-refractivity contribution in [1.29, 1.82) is 0 Å². The number of fused-ring (bicyclic) bond motifs is 2. The minimum absolute atomic E-state index is 0.0363. The number of anilines is 1. The van der Waals surface area contributed by atoms with Gasteiger partial charge in [-0.3, -0.25) is 9.69 Å². The molecule has 3 aliphatic rings. The number of ketones is 1. The first-order chi connectivity index (χ1) is 14.4. The Morgan fingerprint density at radius 3 is 2.60 bits per heavy atom. The van der Waals surface area contributed by atoms with E-state index in [-0.39, 0.29) is 11.2 Å². The number of benzene rings is 1. The van der Waals surface area contributed by atoms with E-state index in [0.717, 1.165) is 73.5 Å². The van der Waals surface area contributed by atoms with Crippen LogP contribution in [-0.2, 0) is 13.0 Å². The van der Waals surface area contributed by atoms with Gasteiger partial charge >= 0.3 is 0 Å². The summed E-state index contributed by atoms with van der Waals surface area (Å²) in [5.41, 5.74) is 3.68. The SMILES string of the molecule is Cc1nc(N2CCN(Cc3ccc4c(c3)OCO4)CC2)nc2c1C(=O)CC(C)(C)C2. The molecule has 1 aliphatic carbocycles. The fourth-order valence-electron chi connectivity index (χ4n) is 4.69. The molecular weight excluding hydrogens is 380 g/mol. The Kier molecular flexibility index (Phi) is 4.65. The predicted octanol–water partition coefficient (Wildman–Crippen LogP) is 2.99. The van der Waals surface area contributed by atoms with Crippen LogP contribution in [0.25, 0.3) is 0 Å². The molecule has 2 aliphatic heterocycles. The summed E-state index contributed by atoms with van der Waals surface area (Å²) in [7, 11) is 0. The summed E-state index contributed by atoms with van der Waals surface area (Å²) in [6, 6.07) is 6.17. The lowest BCUT2D eigenvalue weighted by Crippen LogP contribution is -2.46. The minimum atomic E-state index is -0.0363. The van der Waals surface area contributed by atoms with E-state index in [9.17, 15) is 4.79 Å². The highest BCUT2D eigenvalue weighted by molar-refractivity contribution is 5.99. The van der Waals surface area contributed by atoms with Crippen molar-refractivity contribution < 1.29 is 14.3 Å². The Hall–Kier alpha value is -2.67. The molecule has 1 saturated heterocycles. The van der Waals surface area contributed by atoms with Crippen molar-refractivity contribution in [1.82, 2.24) is 14.9 Å². The van der Waals surface area contributed by atoms with Crippen molar-refractivity contribution in [3.05, 3.63) is 40.7 Å². The number of nitrogens with zero attached hydrogens (tertiary/aromatic N) is 4. The molecule has 158 valence electrons. The lowest BCUT2D eigenvalue weighted by Gasteiger charge is -2.36. The standard InChI is InChI=1S/C23H28N4O3/c1-15-21-17(11-23(2,3)12-18(21)28)25-22(24-15)27-8-6-26(7-9-27)13-16-4-5-19-20(10-16)30-14-29-19/h4-5,10H,6-9,11-14H2,1-3H3. The van der Waals surface area contributed by atoms with Crippen LogP contribution >= 0.6 is 0 Å². The van der Waals surface area contributed by atoms with Gasteiger partial charge in [0, 0.05) is 39.1 Å². The zero-order valence-corrected chi connectivity index (χ0v) is 17.9. The fourth-order valence-corrected chi connectivity index (χ4v) is 4.69. The Bertz CT molecular complexity index is 996. The molecule has 7 heteroatoms. The van der Waals surface area contributed by atoms with Gasteiger partial charge in [-0.1, -0.05) is 19.9 Å². The molecule has 0 spiro atoms. The maximum atomic E-state index is 12.6. The Morgan fingerprint density at radius 2 is 1.80 bits per heavy atom. The second-order valence-corrected chi connectivity index (χ2v) is 9.32. The van der Waals surface area contributed by atoms with Gasteiger partial charge < -0.3 is 14.4 Å². The fraction of sp³-hybridized carbons (Fsp3) is 0.522. The Balaban J connectivity index is 1.27. The van der Waals surface area contributed by atoms with Gasteiger partial charge in [-0.05, 0) is 36.5 Å². The lowest BCUT2D eigenvalue weighted by molar-refractivity contribution is 0.0909. The highest BCUT2D eigenvalue weighted by Gasteiger charge is 2.34. The smallest absolute Gasteiger partial charge is 0.231 e. The molecule has 0 radical (unpaired) electrons. The van der Waals surface area contributed by atoms with Crippen molar-refractivity contribution in [3.63, 3.8) is 0 Å². The molecular formula is C23H28N4O3. The van der Waals surface area contributed by atoms with E-state index in [1.807, 2.05) is 13.0 Å². The average Bonchev–Trinajstić information content (AvgIpc) is 3.14. The highest BCUT2D eigenvalue weighted by atomic mass is 16.7. The number of hydrogen-bond donors (Lipinski definition) is 0. The number of hydrogen-bond acceptors (Lipinski definition) is 7. The zero-order valence-electron chi connectivity index (χ0n) is 17.9. The van der Waals surface area contributed by atoms with Crippen molar-refractivity contribution in [2.45, 2.75) is 40.2 Å². The number of rotatable bonds is 3. The topological polar surface area (TPSA) is 67.8 Å². The Labute approximate surface area is 177 Å². The molecule has 7 nitrogen and oxygen atoms in total. The van der Waals surface area contributed by atoms with E-state index in [1.54, 1.807) is 0 Å². The van der Waals surface area contributed by atoms with E-state index in [4.69, 9.17) is 19.4 Å². The quantitative estimate of drug-likeness (QED) is 0.773. The number of piperazine rings is 1. The summed E-state index contributed by atoms with van der Waals surface area (Å²) in [6.45, 7) is 11.0. The average molecular weight is 409 g/mol. The van der Waals surface area contributed by atoms with Gasteiger partial charge in [0.2, 0.25) is 12.7 Å². The van der Waals surface area contributed by atoms with Gasteiger partial charge in [-0.25, -0.2) is 9.97 Å². The first-order valence-electron chi connectivity index (χ1n) is 10.6. The molecule has 0 saturated carbocycles. The minimum Gasteiger partial charge on any atom is -0.454 e. The van der Waals surface area contributed by atoms with E-state index in [0.29, 0.717) is 13.2 Å². The second kappa shape index (κ2) is 7.23. The van der Waals surface area contributed by atoms with Crippen LogP contribution in [0.4, 0.5) is 5.95 Å². The number of carbonyl (C=O) groups excluding carboxylic acids is 1. The number of aryl methyl sites for hydroxylation is 1. The molecule has 1 fully saturated rings. The summed E-state index contributed by atoms with van der Waals surface area (Å²) < 4.78 is 10.9. The van der Waals surface area contributed by atoms with Crippen molar-refractivity contribution in [2.24, 2.45) is 5.41 Å². The highest BCUT2D eigenvalue weighted by Crippen LogP contribution is 2.36. The van der Waals surface area contributed by atoms with E-state index < -0.39 is 0 Å².